The molecule has 0 amide bonds. The second-order valence-electron chi connectivity index (χ2n) is 8.08. The van der Waals surface area contributed by atoms with Crippen molar-refractivity contribution in [1.29, 1.82) is 0 Å². The Bertz CT molecular complexity index is 1560. The van der Waals surface area contributed by atoms with Crippen molar-refractivity contribution in [2.45, 2.75) is 4.90 Å². The zero-order valence-electron chi connectivity index (χ0n) is 19.8. The van der Waals surface area contributed by atoms with E-state index in [0.717, 1.165) is 11.3 Å². The van der Waals surface area contributed by atoms with Crippen LogP contribution in [0.4, 0.5) is 11.4 Å². The van der Waals surface area contributed by atoms with Gasteiger partial charge in [-0.05, 0) is 60.2 Å². The van der Waals surface area contributed by atoms with Gasteiger partial charge in [0, 0.05) is 11.3 Å². The molecule has 0 bridgehead atoms. The van der Waals surface area contributed by atoms with Gasteiger partial charge in [0.2, 0.25) is 9.84 Å². The number of rotatable bonds is 6. The van der Waals surface area contributed by atoms with E-state index in [4.69, 9.17) is 14.5 Å². The number of aliphatic imine (C=N–C) groups is 1. The van der Waals surface area contributed by atoms with Gasteiger partial charge in [0.15, 0.2) is 0 Å². The number of sulfone groups is 1. The molecule has 6 nitrogen and oxygen atoms in total. The first-order valence-electron chi connectivity index (χ1n) is 11.3. The number of nitrogens with one attached hydrogen (secondary N) is 1. The normalized spacial score (nSPS) is 15.2. The molecular weight excluding hydrogens is 472 g/mol. The summed E-state index contributed by atoms with van der Waals surface area (Å²) in [6.07, 6.45) is 0. The number of hydrogen-bond acceptors (Lipinski definition) is 6. The summed E-state index contributed by atoms with van der Waals surface area (Å²) in [7, 11) is -0.725. The summed E-state index contributed by atoms with van der Waals surface area (Å²) in [5, 5.41) is 3.34. The molecule has 7 heteroatoms. The monoisotopic (exact) mass is 496 g/mol. The molecule has 1 N–H and O–H groups in total. The number of benzene rings is 4. The lowest BCUT2D eigenvalue weighted by atomic mass is 10.1. The number of ether oxygens (including phenoxy) is 2. The van der Waals surface area contributed by atoms with Crippen LogP contribution in [0.3, 0.4) is 0 Å². The van der Waals surface area contributed by atoms with Gasteiger partial charge in [0.25, 0.3) is 0 Å². The second-order valence-corrected chi connectivity index (χ2v) is 9.97. The van der Waals surface area contributed by atoms with Crippen molar-refractivity contribution in [3.63, 3.8) is 0 Å². The number of allylic oxidation sites excluding steroid dienone is 1. The minimum Gasteiger partial charge on any atom is -0.497 e. The lowest BCUT2D eigenvalue weighted by molar-refractivity contribution is 0.415. The number of fused-ring (bicyclic) bond motifs is 1. The molecule has 4 aromatic rings. The summed E-state index contributed by atoms with van der Waals surface area (Å²) in [5.74, 6) is 1.35. The lowest BCUT2D eigenvalue weighted by Crippen LogP contribution is -2.13. The van der Waals surface area contributed by atoms with E-state index in [1.165, 1.54) is 0 Å². The van der Waals surface area contributed by atoms with Gasteiger partial charge in [-0.2, -0.15) is 0 Å². The van der Waals surface area contributed by atoms with Gasteiger partial charge in [-0.1, -0.05) is 48.5 Å². The zero-order valence-corrected chi connectivity index (χ0v) is 20.6. The maximum absolute atomic E-state index is 14.1. The Labute approximate surface area is 210 Å². The van der Waals surface area contributed by atoms with Crippen molar-refractivity contribution in [3.8, 4) is 11.5 Å². The van der Waals surface area contributed by atoms with E-state index in [1.807, 2.05) is 60.7 Å². The van der Waals surface area contributed by atoms with E-state index in [9.17, 15) is 8.42 Å². The molecule has 36 heavy (non-hydrogen) atoms. The van der Waals surface area contributed by atoms with Crippen LogP contribution >= 0.6 is 0 Å². The fourth-order valence-corrected chi connectivity index (χ4v) is 5.70. The quantitative estimate of drug-likeness (QED) is 0.349. The van der Waals surface area contributed by atoms with Gasteiger partial charge in [-0.15, -0.1) is 0 Å². The zero-order chi connectivity index (χ0) is 25.1. The van der Waals surface area contributed by atoms with Crippen molar-refractivity contribution in [2.24, 2.45) is 4.99 Å². The molecule has 0 unspecified atom stereocenters. The molecule has 0 saturated heterocycles. The summed E-state index contributed by atoms with van der Waals surface area (Å²) in [5.41, 5.74) is 3.62. The summed E-state index contributed by atoms with van der Waals surface area (Å²) in [6, 6.07) is 30.3. The second kappa shape index (κ2) is 9.71. The Morgan fingerprint density at radius 1 is 0.750 bits per heavy atom. The average Bonchev–Trinajstić information content (AvgIpc) is 3.26. The predicted molar refractivity (Wildman–Crippen MR) is 143 cm³/mol. The van der Waals surface area contributed by atoms with E-state index in [2.05, 4.69) is 5.32 Å². The first kappa shape index (κ1) is 23.4. The van der Waals surface area contributed by atoms with Gasteiger partial charge in [0.1, 0.15) is 16.4 Å². The molecule has 1 aliphatic rings. The molecule has 0 spiro atoms. The molecule has 1 heterocycles. The molecule has 0 atom stereocenters. The van der Waals surface area contributed by atoms with E-state index in [0.29, 0.717) is 34.2 Å². The molecule has 4 aromatic carbocycles. The van der Waals surface area contributed by atoms with E-state index in [-0.39, 0.29) is 9.80 Å². The van der Waals surface area contributed by atoms with Gasteiger partial charge >= 0.3 is 0 Å². The molecule has 5 rings (SSSR count). The highest BCUT2D eigenvalue weighted by molar-refractivity contribution is 8.00. The van der Waals surface area contributed by atoms with Gasteiger partial charge in [-0.25, -0.2) is 13.4 Å². The summed E-state index contributed by atoms with van der Waals surface area (Å²) >= 11 is 0. The Kier molecular flexibility index (Phi) is 6.31. The molecule has 1 aliphatic heterocycles. The Morgan fingerprint density at radius 3 is 2.00 bits per heavy atom. The molecule has 0 radical (unpaired) electrons. The average molecular weight is 497 g/mol. The van der Waals surface area contributed by atoms with Crippen LogP contribution < -0.4 is 14.8 Å². The van der Waals surface area contributed by atoms with Crippen molar-refractivity contribution >= 4 is 31.8 Å². The minimum absolute atomic E-state index is 0.150. The predicted octanol–water partition coefficient (Wildman–Crippen LogP) is 6.09. The maximum Gasteiger partial charge on any atom is 0.209 e. The minimum atomic E-state index is -3.92. The molecule has 0 aromatic heterocycles. The van der Waals surface area contributed by atoms with Crippen LogP contribution in [0.1, 0.15) is 11.1 Å². The van der Waals surface area contributed by atoms with Crippen LogP contribution in [0.2, 0.25) is 0 Å². The van der Waals surface area contributed by atoms with Crippen LogP contribution in [0.25, 0.3) is 4.91 Å². The highest BCUT2D eigenvalue weighted by Crippen LogP contribution is 2.40. The third-order valence-electron chi connectivity index (χ3n) is 5.88. The molecular formula is C29H24N2O4S. The fraction of sp³-hybridized carbons (Fsp3) is 0.0690. The van der Waals surface area contributed by atoms with E-state index in [1.54, 1.807) is 56.7 Å². The van der Waals surface area contributed by atoms with Crippen LogP contribution in [0, 0.1) is 0 Å². The molecule has 0 saturated carbocycles. The van der Waals surface area contributed by atoms with Crippen molar-refractivity contribution in [2.75, 3.05) is 19.5 Å². The van der Waals surface area contributed by atoms with Crippen LogP contribution in [0.5, 0.6) is 11.5 Å². The summed E-state index contributed by atoms with van der Waals surface area (Å²) < 4.78 is 38.9. The molecule has 0 fully saturated rings. The van der Waals surface area contributed by atoms with Crippen molar-refractivity contribution in [3.05, 3.63) is 120 Å². The number of anilines is 1. The smallest absolute Gasteiger partial charge is 0.209 e. The van der Waals surface area contributed by atoms with Crippen LogP contribution in [0.15, 0.2) is 119 Å². The van der Waals surface area contributed by atoms with Crippen LogP contribution in [-0.2, 0) is 9.84 Å². The maximum atomic E-state index is 14.1. The topological polar surface area (TPSA) is 77.0 Å². The lowest BCUT2D eigenvalue weighted by Gasteiger charge is -2.14. The largest absolute Gasteiger partial charge is 0.497 e. The van der Waals surface area contributed by atoms with Crippen LogP contribution in [-0.4, -0.2) is 28.3 Å². The highest BCUT2D eigenvalue weighted by atomic mass is 32.2. The summed E-state index contributed by atoms with van der Waals surface area (Å²) in [6.45, 7) is 0. The number of methoxy groups -OCH3 is 2. The van der Waals surface area contributed by atoms with E-state index < -0.39 is 9.84 Å². The van der Waals surface area contributed by atoms with Crippen molar-refractivity contribution < 1.29 is 17.9 Å². The third kappa shape index (κ3) is 4.36. The Morgan fingerprint density at radius 2 is 1.36 bits per heavy atom. The molecule has 0 aliphatic carbocycles. The Balaban J connectivity index is 1.81. The molecule has 180 valence electrons. The first-order chi connectivity index (χ1) is 17.5. The SMILES string of the molecule is COc1ccc(N=C2/C(=C(\c3ccccc3)S(=O)(=O)c3ccccc3)Nc3ccc(OC)cc32)cc1. The van der Waals surface area contributed by atoms with Gasteiger partial charge < -0.3 is 14.8 Å². The van der Waals surface area contributed by atoms with Gasteiger partial charge in [0.05, 0.1) is 36.2 Å². The standard InChI is InChI=1S/C29H24N2O4S/c1-34-22-15-13-21(14-16-22)30-27-25-19-23(35-2)17-18-26(25)31-28(27)29(20-9-5-3-6-10-20)36(32,33)24-11-7-4-8-12-24/h3-19,31H,1-2H3/b29-28-,30-27?. The van der Waals surface area contributed by atoms with Gasteiger partial charge in [-0.3, -0.25) is 0 Å². The first-order valence-corrected chi connectivity index (χ1v) is 12.8. The fourth-order valence-electron chi connectivity index (χ4n) is 4.09. The van der Waals surface area contributed by atoms with Crippen molar-refractivity contribution in [1.82, 2.24) is 0 Å². The highest BCUT2D eigenvalue weighted by Gasteiger charge is 2.33. The summed E-state index contributed by atoms with van der Waals surface area (Å²) in [4.78, 5) is 5.26. The number of hydrogen-bond donors (Lipinski definition) is 1. The Hall–Kier alpha value is -4.36. The number of nitrogens with zero attached hydrogens (tertiary/aromatic N) is 1. The van der Waals surface area contributed by atoms with E-state index >= 15 is 0 Å². The third-order valence-corrected chi connectivity index (χ3v) is 7.75.